The van der Waals surface area contributed by atoms with E-state index in [-0.39, 0.29) is 24.3 Å². The Morgan fingerprint density at radius 1 is 0.975 bits per heavy atom. The fourth-order valence-corrected chi connectivity index (χ4v) is 5.81. The van der Waals surface area contributed by atoms with Crippen LogP contribution in [0.15, 0.2) is 60.8 Å². The lowest BCUT2D eigenvalue weighted by Crippen LogP contribution is -2.43. The Balaban J connectivity index is 1.33. The molecule has 0 saturated heterocycles. The highest BCUT2D eigenvalue weighted by atomic mass is 16.2. The van der Waals surface area contributed by atoms with Crippen LogP contribution in [0.4, 0.5) is 11.5 Å². The predicted octanol–water partition coefficient (Wildman–Crippen LogP) is 4.15. The Labute approximate surface area is 235 Å². The monoisotopic (exact) mass is 539 g/mol. The SMILES string of the molecule is CN(C)Cc1ccccc1CN(CC(=O)Nc1ccc2c(c1)CC1(C2)C(=O)Nc2ncccc21)C(=O)C(C)(C)C. The minimum atomic E-state index is -0.662. The molecule has 1 atom stereocenters. The van der Waals surface area contributed by atoms with E-state index in [1.165, 1.54) is 0 Å². The van der Waals surface area contributed by atoms with Crippen molar-refractivity contribution in [3.8, 4) is 0 Å². The lowest BCUT2D eigenvalue weighted by molar-refractivity contribution is -0.142. The lowest BCUT2D eigenvalue weighted by Gasteiger charge is -2.30. The van der Waals surface area contributed by atoms with Crippen molar-refractivity contribution in [1.29, 1.82) is 0 Å². The van der Waals surface area contributed by atoms with Gasteiger partial charge in [0.15, 0.2) is 0 Å². The first-order valence-electron chi connectivity index (χ1n) is 13.7. The largest absolute Gasteiger partial charge is 0.329 e. The Hall–Kier alpha value is -4.04. The molecule has 1 unspecified atom stereocenters. The molecule has 0 fully saturated rings. The van der Waals surface area contributed by atoms with E-state index in [1.807, 2.05) is 83.4 Å². The molecule has 5 rings (SSSR count). The number of hydrogen-bond donors (Lipinski definition) is 2. The molecule has 3 amide bonds. The van der Waals surface area contributed by atoms with Gasteiger partial charge in [-0.15, -0.1) is 0 Å². The molecule has 208 valence electrons. The normalized spacial score (nSPS) is 17.5. The number of fused-ring (bicyclic) bond motifs is 3. The van der Waals surface area contributed by atoms with E-state index < -0.39 is 10.8 Å². The molecular formula is C32H37N5O3. The molecular weight excluding hydrogens is 502 g/mol. The number of aromatic nitrogens is 1. The van der Waals surface area contributed by atoms with Gasteiger partial charge in [-0.1, -0.05) is 57.2 Å². The molecule has 3 aromatic rings. The Kier molecular flexibility index (Phi) is 7.23. The van der Waals surface area contributed by atoms with E-state index in [0.717, 1.165) is 34.4 Å². The van der Waals surface area contributed by atoms with Gasteiger partial charge in [0.1, 0.15) is 12.4 Å². The smallest absolute Gasteiger partial charge is 0.244 e. The number of anilines is 2. The molecule has 40 heavy (non-hydrogen) atoms. The van der Waals surface area contributed by atoms with Crippen LogP contribution < -0.4 is 10.6 Å². The third kappa shape index (κ3) is 5.36. The zero-order valence-corrected chi connectivity index (χ0v) is 23.9. The molecule has 1 aliphatic carbocycles. The molecule has 0 bridgehead atoms. The van der Waals surface area contributed by atoms with Gasteiger partial charge < -0.3 is 20.4 Å². The topological polar surface area (TPSA) is 94.6 Å². The van der Waals surface area contributed by atoms with Crippen LogP contribution >= 0.6 is 0 Å². The zero-order valence-electron chi connectivity index (χ0n) is 23.9. The summed E-state index contributed by atoms with van der Waals surface area (Å²) in [6.07, 6.45) is 2.83. The summed E-state index contributed by atoms with van der Waals surface area (Å²) < 4.78 is 0. The fourth-order valence-electron chi connectivity index (χ4n) is 5.81. The average molecular weight is 540 g/mol. The number of hydrogen-bond acceptors (Lipinski definition) is 5. The van der Waals surface area contributed by atoms with Crippen LogP contribution in [0.5, 0.6) is 0 Å². The number of rotatable bonds is 7. The van der Waals surface area contributed by atoms with E-state index in [1.54, 1.807) is 11.1 Å². The van der Waals surface area contributed by atoms with Gasteiger partial charge in [-0.2, -0.15) is 0 Å². The first-order chi connectivity index (χ1) is 19.0. The van der Waals surface area contributed by atoms with Crippen LogP contribution in [0.1, 0.15) is 48.6 Å². The first-order valence-corrected chi connectivity index (χ1v) is 13.7. The van der Waals surface area contributed by atoms with Gasteiger partial charge in [-0.05, 0) is 67.4 Å². The highest BCUT2D eigenvalue weighted by Gasteiger charge is 2.51. The highest BCUT2D eigenvalue weighted by Crippen LogP contribution is 2.46. The summed E-state index contributed by atoms with van der Waals surface area (Å²) in [5.74, 6) is 0.250. The van der Waals surface area contributed by atoms with Crippen LogP contribution in [-0.4, -0.2) is 53.1 Å². The molecule has 1 aliphatic heterocycles. The third-order valence-electron chi connectivity index (χ3n) is 7.69. The molecule has 2 aromatic carbocycles. The molecule has 8 nitrogen and oxygen atoms in total. The second-order valence-electron chi connectivity index (χ2n) is 12.2. The molecule has 2 aliphatic rings. The van der Waals surface area contributed by atoms with Gasteiger partial charge in [-0.25, -0.2) is 4.98 Å². The lowest BCUT2D eigenvalue weighted by atomic mass is 9.79. The van der Waals surface area contributed by atoms with E-state index in [0.29, 0.717) is 30.9 Å². The second kappa shape index (κ2) is 10.5. The summed E-state index contributed by atoms with van der Waals surface area (Å²) in [6.45, 7) is 6.65. The predicted molar refractivity (Wildman–Crippen MR) is 156 cm³/mol. The van der Waals surface area contributed by atoms with Crippen LogP contribution in [0, 0.1) is 5.41 Å². The number of benzene rings is 2. The van der Waals surface area contributed by atoms with Crippen LogP contribution in [0.3, 0.4) is 0 Å². The summed E-state index contributed by atoms with van der Waals surface area (Å²) in [5, 5.41) is 5.93. The number of amides is 3. The summed E-state index contributed by atoms with van der Waals surface area (Å²) in [7, 11) is 4.02. The Morgan fingerprint density at radius 3 is 2.38 bits per heavy atom. The number of nitrogens with zero attached hydrogens (tertiary/aromatic N) is 3. The van der Waals surface area contributed by atoms with Gasteiger partial charge in [0, 0.05) is 36.0 Å². The van der Waals surface area contributed by atoms with Gasteiger partial charge in [-0.3, -0.25) is 14.4 Å². The molecule has 0 radical (unpaired) electrons. The van der Waals surface area contributed by atoms with Crippen molar-refractivity contribution in [1.82, 2.24) is 14.8 Å². The maximum absolute atomic E-state index is 13.4. The number of pyridine rings is 1. The summed E-state index contributed by atoms with van der Waals surface area (Å²) in [6, 6.07) is 17.7. The quantitative estimate of drug-likeness (QED) is 0.471. The van der Waals surface area contributed by atoms with Crippen molar-refractivity contribution < 1.29 is 14.4 Å². The fraction of sp³-hybridized carbons (Fsp3) is 0.375. The van der Waals surface area contributed by atoms with Crippen molar-refractivity contribution in [2.45, 2.75) is 52.1 Å². The number of carbonyl (C=O) groups excluding carboxylic acids is 3. The summed E-state index contributed by atoms with van der Waals surface area (Å²) in [5.41, 5.74) is 4.55. The Morgan fingerprint density at radius 2 is 1.68 bits per heavy atom. The molecule has 1 spiro atoms. The van der Waals surface area contributed by atoms with Crippen molar-refractivity contribution in [3.63, 3.8) is 0 Å². The van der Waals surface area contributed by atoms with Gasteiger partial charge >= 0.3 is 0 Å². The Bertz CT molecular complexity index is 1480. The van der Waals surface area contributed by atoms with Gasteiger partial charge in [0.25, 0.3) is 0 Å². The maximum Gasteiger partial charge on any atom is 0.244 e. The molecule has 2 N–H and O–H groups in total. The van der Waals surface area contributed by atoms with Crippen LogP contribution in [-0.2, 0) is 45.7 Å². The van der Waals surface area contributed by atoms with Crippen LogP contribution in [0.25, 0.3) is 0 Å². The highest BCUT2D eigenvalue weighted by molar-refractivity contribution is 6.06. The van der Waals surface area contributed by atoms with Crippen LogP contribution in [0.2, 0.25) is 0 Å². The second-order valence-corrected chi connectivity index (χ2v) is 12.2. The number of nitrogens with one attached hydrogen (secondary N) is 2. The van der Waals surface area contributed by atoms with Crippen molar-refractivity contribution in [3.05, 3.63) is 88.6 Å². The standard InChI is InChI=1S/C32H37N5O3/c1-31(2,3)30(40)37(19-23-10-7-6-9-22(23)18-36(4)5)20-27(38)34-25-13-12-21-16-32(17-24(21)15-25)26-11-8-14-33-28(26)35-29(32)39/h6-15H,16-20H2,1-5H3,(H,34,38)(H,33,35,39). The molecule has 1 aromatic heterocycles. The third-order valence-corrected chi connectivity index (χ3v) is 7.69. The molecule has 2 heterocycles. The first kappa shape index (κ1) is 27.5. The summed E-state index contributed by atoms with van der Waals surface area (Å²) in [4.78, 5) is 47.8. The van der Waals surface area contributed by atoms with E-state index in [4.69, 9.17) is 0 Å². The zero-order chi connectivity index (χ0) is 28.7. The van der Waals surface area contributed by atoms with Crippen molar-refractivity contribution in [2.75, 3.05) is 31.3 Å². The maximum atomic E-state index is 13.4. The van der Waals surface area contributed by atoms with Gasteiger partial charge in [0.2, 0.25) is 17.7 Å². The average Bonchev–Trinajstić information content (AvgIpc) is 3.40. The van der Waals surface area contributed by atoms with Crippen molar-refractivity contribution in [2.24, 2.45) is 5.41 Å². The number of carbonyl (C=O) groups is 3. The van der Waals surface area contributed by atoms with E-state index in [2.05, 4.69) is 26.6 Å². The van der Waals surface area contributed by atoms with E-state index in [9.17, 15) is 14.4 Å². The minimum Gasteiger partial charge on any atom is -0.329 e. The molecule has 8 heteroatoms. The van der Waals surface area contributed by atoms with E-state index >= 15 is 0 Å². The van der Waals surface area contributed by atoms with Crippen molar-refractivity contribution >= 4 is 29.2 Å². The molecule has 0 saturated carbocycles. The summed E-state index contributed by atoms with van der Waals surface area (Å²) >= 11 is 0. The minimum absolute atomic E-state index is 0.0335. The van der Waals surface area contributed by atoms with Gasteiger partial charge in [0.05, 0.1) is 5.41 Å².